The van der Waals surface area contributed by atoms with Crippen LogP contribution in [0.2, 0.25) is 0 Å². The van der Waals surface area contributed by atoms with Gasteiger partial charge in [-0.05, 0) is 55.3 Å². The van der Waals surface area contributed by atoms with Gasteiger partial charge in [0.25, 0.3) is 0 Å². The molecule has 0 fully saturated rings. The Kier molecular flexibility index (Phi) is 8.15. The van der Waals surface area contributed by atoms with Crippen molar-refractivity contribution in [3.63, 3.8) is 0 Å². The number of amides is 2. The summed E-state index contributed by atoms with van der Waals surface area (Å²) in [5.74, 6) is -0.0719. The van der Waals surface area contributed by atoms with E-state index in [-0.39, 0.29) is 12.5 Å². The van der Waals surface area contributed by atoms with E-state index in [9.17, 15) is 9.59 Å². The molecular formula is C20H26N2O3S. The highest BCUT2D eigenvalue weighted by Gasteiger charge is 2.17. The molecule has 0 aliphatic rings. The molecule has 5 nitrogen and oxygen atoms in total. The minimum Gasteiger partial charge on any atom is -0.494 e. The first kappa shape index (κ1) is 20.0. The van der Waals surface area contributed by atoms with Gasteiger partial charge >= 0.3 is 0 Å². The summed E-state index contributed by atoms with van der Waals surface area (Å²) < 4.78 is 5.41. The molecule has 2 aromatic rings. The molecule has 0 spiro atoms. The van der Waals surface area contributed by atoms with Crippen molar-refractivity contribution >= 4 is 23.2 Å². The van der Waals surface area contributed by atoms with E-state index in [2.05, 4.69) is 11.4 Å². The average molecular weight is 375 g/mol. The molecule has 2 rings (SSSR count). The standard InChI is InChI=1S/C20H26N2O3S/c1-2-25-17-10-8-15(9-11-17)13-16(20(21)24)14-22-19(23)7-3-5-18-6-4-12-26-18/h4,6,8-12,16H,2-3,5,7,13-14H2,1H3,(H2,21,24)(H,22,23)/t16-/m1/s1. The first-order valence-corrected chi connectivity index (χ1v) is 9.76. The Bertz CT molecular complexity index is 684. The van der Waals surface area contributed by atoms with Crippen LogP contribution in [0.1, 0.15) is 30.2 Å². The number of aryl methyl sites for hydroxylation is 1. The third-order valence-electron chi connectivity index (χ3n) is 4.07. The second-order valence-electron chi connectivity index (χ2n) is 6.12. The van der Waals surface area contributed by atoms with Gasteiger partial charge in [-0.2, -0.15) is 0 Å². The van der Waals surface area contributed by atoms with E-state index < -0.39 is 11.8 Å². The first-order valence-electron chi connectivity index (χ1n) is 8.88. The third kappa shape index (κ3) is 6.88. The van der Waals surface area contributed by atoms with E-state index in [1.165, 1.54) is 4.88 Å². The number of benzene rings is 1. The molecule has 0 unspecified atom stereocenters. The fraction of sp³-hybridized carbons (Fsp3) is 0.400. The van der Waals surface area contributed by atoms with Gasteiger partial charge in [0.2, 0.25) is 11.8 Å². The van der Waals surface area contributed by atoms with Gasteiger partial charge in [0.05, 0.1) is 12.5 Å². The number of carbonyl (C=O) groups excluding carboxylic acids is 2. The van der Waals surface area contributed by atoms with Crippen molar-refractivity contribution in [3.05, 3.63) is 52.2 Å². The smallest absolute Gasteiger partial charge is 0.222 e. The topological polar surface area (TPSA) is 81.4 Å². The fourth-order valence-electron chi connectivity index (χ4n) is 2.65. The van der Waals surface area contributed by atoms with Crippen LogP contribution in [0.15, 0.2) is 41.8 Å². The van der Waals surface area contributed by atoms with E-state index in [1.54, 1.807) is 11.3 Å². The summed E-state index contributed by atoms with van der Waals surface area (Å²) in [7, 11) is 0. The highest BCUT2D eigenvalue weighted by atomic mass is 32.1. The lowest BCUT2D eigenvalue weighted by Gasteiger charge is -2.15. The Morgan fingerprint density at radius 2 is 2.00 bits per heavy atom. The van der Waals surface area contributed by atoms with Gasteiger partial charge < -0.3 is 15.8 Å². The Hall–Kier alpha value is -2.34. The summed E-state index contributed by atoms with van der Waals surface area (Å²) in [5, 5.41) is 4.87. The highest BCUT2D eigenvalue weighted by Crippen LogP contribution is 2.15. The number of nitrogens with two attached hydrogens (primary N) is 1. The van der Waals surface area contributed by atoms with Crippen LogP contribution in [0.3, 0.4) is 0 Å². The predicted octanol–water partition coefficient (Wildman–Crippen LogP) is 2.93. The molecule has 0 radical (unpaired) electrons. The molecule has 1 aromatic heterocycles. The van der Waals surface area contributed by atoms with Crippen molar-refractivity contribution in [2.45, 2.75) is 32.6 Å². The lowest BCUT2D eigenvalue weighted by molar-refractivity contribution is -0.123. The molecule has 3 N–H and O–H groups in total. The molecule has 0 aliphatic carbocycles. The maximum absolute atomic E-state index is 12.0. The van der Waals surface area contributed by atoms with E-state index in [1.807, 2.05) is 42.6 Å². The number of thiophene rings is 1. The summed E-state index contributed by atoms with van der Waals surface area (Å²) in [4.78, 5) is 25.0. The van der Waals surface area contributed by atoms with Crippen LogP contribution in [0.25, 0.3) is 0 Å². The van der Waals surface area contributed by atoms with Gasteiger partial charge in [-0.1, -0.05) is 18.2 Å². The molecule has 140 valence electrons. The van der Waals surface area contributed by atoms with Crippen molar-refractivity contribution in [3.8, 4) is 5.75 Å². The zero-order chi connectivity index (χ0) is 18.8. The molecule has 0 aliphatic heterocycles. The molecule has 1 aromatic carbocycles. The minimum atomic E-state index is -0.422. The zero-order valence-electron chi connectivity index (χ0n) is 15.1. The lowest BCUT2D eigenvalue weighted by atomic mass is 9.98. The summed E-state index contributed by atoms with van der Waals surface area (Å²) >= 11 is 1.70. The largest absolute Gasteiger partial charge is 0.494 e. The van der Waals surface area contributed by atoms with Gasteiger partial charge in [0.15, 0.2) is 0 Å². The van der Waals surface area contributed by atoms with Gasteiger partial charge in [-0.15, -0.1) is 11.3 Å². The normalized spacial score (nSPS) is 11.7. The van der Waals surface area contributed by atoms with Crippen LogP contribution in [0.5, 0.6) is 5.75 Å². The highest BCUT2D eigenvalue weighted by molar-refractivity contribution is 7.09. The number of hydrogen-bond acceptors (Lipinski definition) is 4. The second-order valence-corrected chi connectivity index (χ2v) is 7.15. The molecule has 26 heavy (non-hydrogen) atoms. The van der Waals surface area contributed by atoms with Crippen molar-refractivity contribution in [2.75, 3.05) is 13.2 Å². The maximum Gasteiger partial charge on any atom is 0.222 e. The molecule has 0 bridgehead atoms. The predicted molar refractivity (Wildman–Crippen MR) is 104 cm³/mol. The van der Waals surface area contributed by atoms with Crippen molar-refractivity contribution in [1.82, 2.24) is 5.32 Å². The average Bonchev–Trinajstić information content (AvgIpc) is 3.13. The Balaban J connectivity index is 1.76. The number of primary amides is 1. The van der Waals surface area contributed by atoms with E-state index in [0.29, 0.717) is 19.4 Å². The minimum absolute atomic E-state index is 0.0421. The van der Waals surface area contributed by atoms with Crippen LogP contribution in [0.4, 0.5) is 0 Å². The van der Waals surface area contributed by atoms with Crippen LogP contribution >= 0.6 is 11.3 Å². The van der Waals surface area contributed by atoms with E-state index >= 15 is 0 Å². The van der Waals surface area contributed by atoms with Crippen LogP contribution < -0.4 is 15.8 Å². The third-order valence-corrected chi connectivity index (χ3v) is 5.01. The van der Waals surface area contributed by atoms with Crippen LogP contribution in [0, 0.1) is 5.92 Å². The molecule has 0 saturated heterocycles. The monoisotopic (exact) mass is 374 g/mol. The second kappa shape index (κ2) is 10.6. The first-order chi connectivity index (χ1) is 12.6. The van der Waals surface area contributed by atoms with Crippen molar-refractivity contribution < 1.29 is 14.3 Å². The molecule has 1 heterocycles. The Labute approximate surface area is 158 Å². The molecule has 2 amide bonds. The molecule has 1 atom stereocenters. The van der Waals surface area contributed by atoms with Gasteiger partial charge in [-0.3, -0.25) is 9.59 Å². The number of ether oxygens (including phenoxy) is 1. The quantitative estimate of drug-likeness (QED) is 0.634. The SMILES string of the molecule is CCOc1ccc(C[C@H](CNC(=O)CCCc2cccs2)C(N)=O)cc1. The van der Waals surface area contributed by atoms with E-state index in [4.69, 9.17) is 10.5 Å². The lowest BCUT2D eigenvalue weighted by Crippen LogP contribution is -2.37. The summed E-state index contributed by atoms with van der Waals surface area (Å²) in [6, 6.07) is 11.7. The summed E-state index contributed by atoms with van der Waals surface area (Å²) in [6.45, 7) is 2.81. The fourth-order valence-corrected chi connectivity index (χ4v) is 3.40. The maximum atomic E-state index is 12.0. The van der Waals surface area contributed by atoms with Gasteiger partial charge in [0, 0.05) is 17.8 Å². The van der Waals surface area contributed by atoms with Crippen LogP contribution in [-0.4, -0.2) is 25.0 Å². The summed E-state index contributed by atoms with van der Waals surface area (Å²) in [5.41, 5.74) is 6.49. The van der Waals surface area contributed by atoms with Crippen molar-refractivity contribution in [2.24, 2.45) is 11.7 Å². The number of carbonyl (C=O) groups is 2. The molecule has 0 saturated carbocycles. The Morgan fingerprint density at radius 1 is 1.23 bits per heavy atom. The van der Waals surface area contributed by atoms with Crippen LogP contribution in [-0.2, 0) is 22.4 Å². The van der Waals surface area contributed by atoms with Crippen molar-refractivity contribution in [1.29, 1.82) is 0 Å². The molecule has 6 heteroatoms. The van der Waals surface area contributed by atoms with Gasteiger partial charge in [0.1, 0.15) is 5.75 Å². The zero-order valence-corrected chi connectivity index (χ0v) is 15.9. The molecular weight excluding hydrogens is 348 g/mol. The van der Waals surface area contributed by atoms with Gasteiger partial charge in [-0.25, -0.2) is 0 Å². The summed E-state index contributed by atoms with van der Waals surface area (Å²) in [6.07, 6.45) is 2.65. The van der Waals surface area contributed by atoms with E-state index in [0.717, 1.165) is 24.2 Å². The number of nitrogens with one attached hydrogen (secondary N) is 1. The Morgan fingerprint density at radius 3 is 2.62 bits per heavy atom. The number of hydrogen-bond donors (Lipinski definition) is 2. The number of rotatable bonds is 11.